The van der Waals surface area contributed by atoms with Crippen LogP contribution in [0.2, 0.25) is 0 Å². The fourth-order valence-corrected chi connectivity index (χ4v) is 1.98. The van der Waals surface area contributed by atoms with Crippen LogP contribution in [-0.2, 0) is 0 Å². The number of rotatable bonds is 1. The average molecular weight is 201 g/mol. The zero-order valence-electron chi connectivity index (χ0n) is 7.84. The second-order valence-electron chi connectivity index (χ2n) is 3.80. The molecule has 0 spiro atoms. The number of likely N-dealkylation sites (tertiary alicyclic amines) is 1. The third kappa shape index (κ3) is 1.66. The van der Waals surface area contributed by atoms with Gasteiger partial charge >= 0.3 is 0 Å². The molecule has 0 aromatic rings. The van der Waals surface area contributed by atoms with Gasteiger partial charge in [0.25, 0.3) is 5.85 Å². The second-order valence-corrected chi connectivity index (χ2v) is 3.80. The molecule has 1 N–H and O–H groups in total. The highest BCUT2D eigenvalue weighted by atomic mass is 19.2. The van der Waals surface area contributed by atoms with E-state index in [1.165, 1.54) is 12.2 Å². The maximum Gasteiger partial charge on any atom is 0.254 e. The third-order valence-electron chi connectivity index (χ3n) is 2.66. The smallest absolute Gasteiger partial charge is 0.254 e. The predicted molar refractivity (Wildman–Crippen MR) is 48.8 cm³/mol. The van der Waals surface area contributed by atoms with Gasteiger partial charge in [0.1, 0.15) is 5.83 Å². The van der Waals surface area contributed by atoms with Gasteiger partial charge in [0.05, 0.1) is 12.1 Å². The van der Waals surface area contributed by atoms with Gasteiger partial charge in [-0.2, -0.15) is 0 Å². The van der Waals surface area contributed by atoms with Crippen LogP contribution in [0.15, 0.2) is 23.7 Å². The first kappa shape index (κ1) is 9.65. The molecule has 1 saturated heterocycles. The summed E-state index contributed by atoms with van der Waals surface area (Å²) in [6.45, 7) is 1.49. The van der Waals surface area contributed by atoms with E-state index in [-0.39, 0.29) is 5.70 Å². The lowest BCUT2D eigenvalue weighted by Crippen LogP contribution is -2.37. The van der Waals surface area contributed by atoms with Crippen LogP contribution in [0.4, 0.5) is 8.78 Å². The zero-order chi connectivity index (χ0) is 10.2. The Morgan fingerprint density at radius 3 is 2.50 bits per heavy atom. The molecule has 1 aliphatic carbocycles. The lowest BCUT2D eigenvalue weighted by atomic mass is 10.0. The van der Waals surface area contributed by atoms with Crippen LogP contribution in [0.25, 0.3) is 0 Å². The lowest BCUT2D eigenvalue weighted by molar-refractivity contribution is -0.0752. The van der Waals surface area contributed by atoms with Gasteiger partial charge < -0.3 is 10.0 Å². The Morgan fingerprint density at radius 2 is 1.93 bits per heavy atom. The Kier molecular flexibility index (Phi) is 2.31. The molecule has 0 aromatic heterocycles. The molecule has 4 heteroatoms. The van der Waals surface area contributed by atoms with Gasteiger partial charge in [0.2, 0.25) is 0 Å². The Bertz CT molecular complexity index is 290. The van der Waals surface area contributed by atoms with E-state index in [2.05, 4.69) is 0 Å². The van der Waals surface area contributed by atoms with Crippen LogP contribution in [0.3, 0.4) is 0 Å². The van der Waals surface area contributed by atoms with Crippen LogP contribution in [-0.4, -0.2) is 29.0 Å². The van der Waals surface area contributed by atoms with Gasteiger partial charge in [-0.05, 0) is 25.0 Å². The van der Waals surface area contributed by atoms with Crippen molar-refractivity contribution in [2.75, 3.05) is 13.1 Å². The molecule has 0 amide bonds. The summed E-state index contributed by atoms with van der Waals surface area (Å²) in [7, 11) is 0. The highest BCUT2D eigenvalue weighted by Crippen LogP contribution is 2.34. The Labute approximate surface area is 81.5 Å². The van der Waals surface area contributed by atoms with Crippen molar-refractivity contribution in [1.82, 2.24) is 4.90 Å². The van der Waals surface area contributed by atoms with Crippen LogP contribution in [0, 0.1) is 0 Å². The molecule has 14 heavy (non-hydrogen) atoms. The number of aliphatic hydroxyl groups is 1. The monoisotopic (exact) mass is 201 g/mol. The van der Waals surface area contributed by atoms with Crippen molar-refractivity contribution in [1.29, 1.82) is 0 Å². The molecule has 0 radical (unpaired) electrons. The van der Waals surface area contributed by atoms with E-state index in [1.807, 2.05) is 0 Å². The predicted octanol–water partition coefficient (Wildman–Crippen LogP) is 1.88. The third-order valence-corrected chi connectivity index (χ3v) is 2.66. The molecule has 1 atom stereocenters. The van der Waals surface area contributed by atoms with Gasteiger partial charge in [0.15, 0.2) is 0 Å². The molecule has 1 unspecified atom stereocenters. The minimum Gasteiger partial charge on any atom is -0.370 e. The first-order chi connectivity index (χ1) is 6.59. The maximum absolute atomic E-state index is 13.6. The molecule has 0 aromatic carbocycles. The molecule has 0 bridgehead atoms. The minimum atomic E-state index is -2.52. The quantitative estimate of drug-likeness (QED) is 0.700. The normalized spacial score (nSPS) is 32.9. The van der Waals surface area contributed by atoms with Crippen molar-refractivity contribution < 1.29 is 13.9 Å². The summed E-state index contributed by atoms with van der Waals surface area (Å²) in [6, 6.07) is 0. The van der Waals surface area contributed by atoms with E-state index in [1.54, 1.807) is 4.90 Å². The highest BCUT2D eigenvalue weighted by molar-refractivity contribution is 5.27. The first-order valence-electron chi connectivity index (χ1n) is 4.83. The SMILES string of the molecule is OC1(F)CC(F)=CC=C1N1CCCC1. The maximum atomic E-state index is 13.6. The standard InChI is InChI=1S/C10H13F2NO/c11-8-3-4-9(10(12,14)7-8)13-5-1-2-6-13/h3-4,14H,1-2,5-7H2. The Balaban J connectivity index is 2.22. The number of alkyl halides is 1. The summed E-state index contributed by atoms with van der Waals surface area (Å²) in [4.78, 5) is 1.78. The molecule has 1 fully saturated rings. The number of hydrogen-bond acceptors (Lipinski definition) is 2. The van der Waals surface area contributed by atoms with E-state index in [0.29, 0.717) is 0 Å². The number of nitrogens with zero attached hydrogens (tertiary/aromatic N) is 1. The zero-order valence-corrected chi connectivity index (χ0v) is 7.84. The molecule has 0 saturated carbocycles. The lowest BCUT2D eigenvalue weighted by Gasteiger charge is -2.31. The van der Waals surface area contributed by atoms with Crippen molar-refractivity contribution >= 4 is 0 Å². The topological polar surface area (TPSA) is 23.5 Å². The molecule has 78 valence electrons. The van der Waals surface area contributed by atoms with E-state index < -0.39 is 18.1 Å². The van der Waals surface area contributed by atoms with Crippen molar-refractivity contribution in [3.63, 3.8) is 0 Å². The van der Waals surface area contributed by atoms with Crippen molar-refractivity contribution in [2.24, 2.45) is 0 Å². The van der Waals surface area contributed by atoms with E-state index >= 15 is 0 Å². The van der Waals surface area contributed by atoms with E-state index in [4.69, 9.17) is 0 Å². The summed E-state index contributed by atoms with van der Waals surface area (Å²) in [5.41, 5.74) is 0.205. The summed E-state index contributed by atoms with van der Waals surface area (Å²) in [5.74, 6) is -3.14. The van der Waals surface area contributed by atoms with Crippen molar-refractivity contribution in [2.45, 2.75) is 25.1 Å². The molecule has 1 heterocycles. The van der Waals surface area contributed by atoms with Crippen molar-refractivity contribution in [3.05, 3.63) is 23.7 Å². The molecule has 2 nitrogen and oxygen atoms in total. The second kappa shape index (κ2) is 3.35. The van der Waals surface area contributed by atoms with Gasteiger partial charge in [-0.25, -0.2) is 8.78 Å². The Hall–Kier alpha value is -0.900. The summed E-state index contributed by atoms with van der Waals surface area (Å²) in [6.07, 6.45) is 4.00. The van der Waals surface area contributed by atoms with Gasteiger partial charge in [-0.15, -0.1) is 0 Å². The van der Waals surface area contributed by atoms with Gasteiger partial charge in [-0.3, -0.25) is 0 Å². The van der Waals surface area contributed by atoms with Gasteiger partial charge in [0, 0.05) is 13.1 Å². The molecular formula is C10H13F2NO. The number of hydrogen-bond donors (Lipinski definition) is 1. The minimum absolute atomic E-state index is 0.205. The molecule has 1 aliphatic heterocycles. The largest absolute Gasteiger partial charge is 0.370 e. The Morgan fingerprint density at radius 1 is 1.29 bits per heavy atom. The number of halogens is 2. The average Bonchev–Trinajstić information content (AvgIpc) is 2.54. The number of allylic oxidation sites excluding steroid dienone is 2. The van der Waals surface area contributed by atoms with Crippen LogP contribution in [0.5, 0.6) is 0 Å². The van der Waals surface area contributed by atoms with Crippen LogP contribution < -0.4 is 0 Å². The summed E-state index contributed by atoms with van der Waals surface area (Å²) < 4.78 is 26.3. The van der Waals surface area contributed by atoms with E-state index in [0.717, 1.165) is 25.9 Å². The molecule has 2 aliphatic rings. The highest BCUT2D eigenvalue weighted by Gasteiger charge is 2.38. The first-order valence-corrected chi connectivity index (χ1v) is 4.83. The van der Waals surface area contributed by atoms with Crippen LogP contribution in [0.1, 0.15) is 19.3 Å². The fraction of sp³-hybridized carbons (Fsp3) is 0.600. The molecular weight excluding hydrogens is 188 g/mol. The van der Waals surface area contributed by atoms with Crippen LogP contribution >= 0.6 is 0 Å². The summed E-state index contributed by atoms with van der Waals surface area (Å²) in [5, 5.41) is 9.41. The fourth-order valence-electron chi connectivity index (χ4n) is 1.98. The molecule has 2 rings (SSSR count). The van der Waals surface area contributed by atoms with Crippen molar-refractivity contribution in [3.8, 4) is 0 Å². The van der Waals surface area contributed by atoms with E-state index in [9.17, 15) is 13.9 Å². The van der Waals surface area contributed by atoms with Gasteiger partial charge in [-0.1, -0.05) is 0 Å². The summed E-state index contributed by atoms with van der Waals surface area (Å²) >= 11 is 0.